The van der Waals surface area contributed by atoms with Crippen molar-refractivity contribution in [2.75, 3.05) is 31.2 Å². The third-order valence-electron chi connectivity index (χ3n) is 1.96. The van der Waals surface area contributed by atoms with Crippen molar-refractivity contribution in [2.24, 2.45) is 0 Å². The van der Waals surface area contributed by atoms with Gasteiger partial charge in [-0.05, 0) is 0 Å². The lowest BCUT2D eigenvalue weighted by molar-refractivity contribution is 0.122. The van der Waals surface area contributed by atoms with Crippen molar-refractivity contribution in [1.82, 2.24) is 9.97 Å². The summed E-state index contributed by atoms with van der Waals surface area (Å²) in [5, 5.41) is 0.601. The molecule has 0 atom stereocenters. The van der Waals surface area contributed by atoms with Crippen LogP contribution < -0.4 is 4.90 Å². The molecule has 0 bridgehead atoms. The predicted molar refractivity (Wildman–Crippen MR) is 50.1 cm³/mol. The number of hydrogen-bond acceptors (Lipinski definition) is 4. The number of hydrogen-bond donors (Lipinski definition) is 0. The lowest BCUT2D eigenvalue weighted by Gasteiger charge is -2.27. The fraction of sp³-hybridized carbons (Fsp3) is 0.500. The maximum atomic E-state index is 5.95. The molecule has 2 heterocycles. The van der Waals surface area contributed by atoms with E-state index in [1.807, 2.05) is 0 Å². The molecule has 1 aliphatic heterocycles. The van der Waals surface area contributed by atoms with E-state index >= 15 is 0 Å². The van der Waals surface area contributed by atoms with Gasteiger partial charge in [-0.2, -0.15) is 0 Å². The summed E-state index contributed by atoms with van der Waals surface area (Å²) in [5.41, 5.74) is 0. The summed E-state index contributed by atoms with van der Waals surface area (Å²) < 4.78 is 5.23. The largest absolute Gasteiger partial charge is 0.378 e. The molecule has 1 aliphatic rings. The zero-order valence-electron chi connectivity index (χ0n) is 7.11. The monoisotopic (exact) mass is 199 g/mol. The molecule has 1 aromatic rings. The highest BCUT2D eigenvalue weighted by Crippen LogP contribution is 2.21. The Kier molecular flexibility index (Phi) is 2.61. The van der Waals surface area contributed by atoms with Crippen molar-refractivity contribution >= 4 is 17.4 Å². The first-order valence-corrected chi connectivity index (χ1v) is 4.54. The molecule has 0 aromatic carbocycles. The van der Waals surface area contributed by atoms with Crippen molar-refractivity contribution in [3.8, 4) is 0 Å². The summed E-state index contributed by atoms with van der Waals surface area (Å²) in [5.74, 6) is 0.806. The van der Waals surface area contributed by atoms with Crippen LogP contribution in [0, 0.1) is 0 Å². The number of halogens is 1. The molecule has 0 radical (unpaired) electrons. The van der Waals surface area contributed by atoms with Gasteiger partial charge in [0, 0.05) is 13.1 Å². The van der Waals surface area contributed by atoms with Crippen molar-refractivity contribution < 1.29 is 4.74 Å². The Hall–Kier alpha value is -0.870. The Bertz CT molecular complexity index is 288. The van der Waals surface area contributed by atoms with Gasteiger partial charge in [0.05, 0.1) is 19.4 Å². The maximum Gasteiger partial charge on any atom is 0.150 e. The third kappa shape index (κ3) is 1.89. The van der Waals surface area contributed by atoms with Gasteiger partial charge in [-0.1, -0.05) is 11.6 Å². The van der Waals surface area contributed by atoms with E-state index in [0.29, 0.717) is 5.02 Å². The Morgan fingerprint density at radius 3 is 2.85 bits per heavy atom. The highest BCUT2D eigenvalue weighted by Gasteiger charge is 2.14. The van der Waals surface area contributed by atoms with Crippen LogP contribution in [0.2, 0.25) is 5.02 Å². The van der Waals surface area contributed by atoms with Gasteiger partial charge in [-0.3, -0.25) is 0 Å². The van der Waals surface area contributed by atoms with E-state index in [2.05, 4.69) is 14.9 Å². The minimum absolute atomic E-state index is 0.601. The second-order valence-corrected chi connectivity index (χ2v) is 3.20. The molecule has 1 aromatic heterocycles. The van der Waals surface area contributed by atoms with Crippen LogP contribution >= 0.6 is 11.6 Å². The van der Waals surface area contributed by atoms with Crippen LogP contribution in [0.3, 0.4) is 0 Å². The lowest BCUT2D eigenvalue weighted by Crippen LogP contribution is -2.36. The second-order valence-electron chi connectivity index (χ2n) is 2.79. The van der Waals surface area contributed by atoms with Crippen molar-refractivity contribution in [3.05, 3.63) is 17.5 Å². The molecule has 70 valence electrons. The van der Waals surface area contributed by atoms with Crippen LogP contribution in [-0.4, -0.2) is 36.3 Å². The summed E-state index contributed by atoms with van der Waals surface area (Å²) in [7, 11) is 0. The van der Waals surface area contributed by atoms with Crippen LogP contribution in [0.1, 0.15) is 0 Å². The molecule has 13 heavy (non-hydrogen) atoms. The van der Waals surface area contributed by atoms with Crippen LogP contribution in [0.25, 0.3) is 0 Å². The zero-order chi connectivity index (χ0) is 9.10. The Labute approximate surface area is 81.5 Å². The summed E-state index contributed by atoms with van der Waals surface area (Å²) in [6.07, 6.45) is 3.12. The summed E-state index contributed by atoms with van der Waals surface area (Å²) in [6, 6.07) is 0. The standard InChI is InChI=1S/C8H10ClN3O/c9-7-5-10-6-11-8(7)12-1-3-13-4-2-12/h5-6H,1-4H2. The maximum absolute atomic E-state index is 5.95. The molecule has 0 saturated carbocycles. The molecule has 0 aliphatic carbocycles. The Balaban J connectivity index is 2.18. The number of rotatable bonds is 1. The van der Waals surface area contributed by atoms with Gasteiger partial charge in [-0.25, -0.2) is 9.97 Å². The molecule has 4 nitrogen and oxygen atoms in total. The fourth-order valence-corrected chi connectivity index (χ4v) is 1.54. The number of ether oxygens (including phenoxy) is 1. The summed E-state index contributed by atoms with van der Waals surface area (Å²) >= 11 is 5.95. The van der Waals surface area contributed by atoms with E-state index in [4.69, 9.17) is 16.3 Å². The second kappa shape index (κ2) is 3.89. The predicted octanol–water partition coefficient (Wildman–Crippen LogP) is 0.967. The summed E-state index contributed by atoms with van der Waals surface area (Å²) in [4.78, 5) is 10.1. The average Bonchev–Trinajstić information content (AvgIpc) is 2.20. The fourth-order valence-electron chi connectivity index (χ4n) is 1.31. The zero-order valence-corrected chi connectivity index (χ0v) is 7.87. The van der Waals surface area contributed by atoms with Crippen molar-refractivity contribution in [3.63, 3.8) is 0 Å². The van der Waals surface area contributed by atoms with Gasteiger partial charge < -0.3 is 9.64 Å². The smallest absolute Gasteiger partial charge is 0.150 e. The van der Waals surface area contributed by atoms with E-state index in [1.165, 1.54) is 6.33 Å². The molecular weight excluding hydrogens is 190 g/mol. The van der Waals surface area contributed by atoms with Gasteiger partial charge in [0.1, 0.15) is 11.3 Å². The van der Waals surface area contributed by atoms with E-state index in [-0.39, 0.29) is 0 Å². The first-order chi connectivity index (χ1) is 6.38. The topological polar surface area (TPSA) is 38.2 Å². The molecule has 0 spiro atoms. The van der Waals surface area contributed by atoms with Crippen molar-refractivity contribution in [1.29, 1.82) is 0 Å². The highest BCUT2D eigenvalue weighted by atomic mass is 35.5. The SMILES string of the molecule is Clc1cncnc1N1CCOCC1. The highest BCUT2D eigenvalue weighted by molar-refractivity contribution is 6.32. The van der Waals surface area contributed by atoms with E-state index in [0.717, 1.165) is 32.1 Å². The number of anilines is 1. The van der Waals surface area contributed by atoms with Gasteiger partial charge >= 0.3 is 0 Å². The number of aromatic nitrogens is 2. The minimum atomic E-state index is 0.601. The average molecular weight is 200 g/mol. The Morgan fingerprint density at radius 1 is 1.38 bits per heavy atom. The quantitative estimate of drug-likeness (QED) is 0.676. The van der Waals surface area contributed by atoms with Gasteiger partial charge in [0.25, 0.3) is 0 Å². The van der Waals surface area contributed by atoms with Crippen LogP contribution in [0.15, 0.2) is 12.5 Å². The van der Waals surface area contributed by atoms with Gasteiger partial charge in [0.2, 0.25) is 0 Å². The van der Waals surface area contributed by atoms with Crippen molar-refractivity contribution in [2.45, 2.75) is 0 Å². The van der Waals surface area contributed by atoms with Crippen LogP contribution in [-0.2, 0) is 4.74 Å². The number of morpholine rings is 1. The lowest BCUT2D eigenvalue weighted by atomic mass is 10.4. The molecule has 0 unspecified atom stereocenters. The molecule has 0 amide bonds. The van der Waals surface area contributed by atoms with E-state index in [1.54, 1.807) is 6.20 Å². The molecular formula is C8H10ClN3O. The molecule has 5 heteroatoms. The first-order valence-electron chi connectivity index (χ1n) is 4.16. The van der Waals surface area contributed by atoms with Gasteiger partial charge in [-0.15, -0.1) is 0 Å². The Morgan fingerprint density at radius 2 is 2.15 bits per heavy atom. The first kappa shape index (κ1) is 8.72. The third-order valence-corrected chi connectivity index (χ3v) is 2.23. The van der Waals surface area contributed by atoms with Crippen LogP contribution in [0.4, 0.5) is 5.82 Å². The normalized spacial score (nSPS) is 17.5. The number of nitrogens with zero attached hydrogens (tertiary/aromatic N) is 3. The minimum Gasteiger partial charge on any atom is -0.378 e. The molecule has 2 rings (SSSR count). The molecule has 1 fully saturated rings. The molecule has 1 saturated heterocycles. The molecule has 0 N–H and O–H groups in total. The summed E-state index contributed by atoms with van der Waals surface area (Å²) in [6.45, 7) is 3.16. The van der Waals surface area contributed by atoms with E-state index < -0.39 is 0 Å². The van der Waals surface area contributed by atoms with Gasteiger partial charge in [0.15, 0.2) is 5.82 Å². The van der Waals surface area contributed by atoms with Crippen LogP contribution in [0.5, 0.6) is 0 Å². The van der Waals surface area contributed by atoms with E-state index in [9.17, 15) is 0 Å².